The summed E-state index contributed by atoms with van der Waals surface area (Å²) >= 11 is 0. The summed E-state index contributed by atoms with van der Waals surface area (Å²) in [6.07, 6.45) is 3.70. The van der Waals surface area contributed by atoms with E-state index in [0.29, 0.717) is 23.4 Å². The van der Waals surface area contributed by atoms with Crippen molar-refractivity contribution >= 4 is 11.9 Å². The Bertz CT molecular complexity index is 1060. The van der Waals surface area contributed by atoms with Gasteiger partial charge in [-0.3, -0.25) is 14.8 Å². The van der Waals surface area contributed by atoms with Crippen molar-refractivity contribution in [3.8, 4) is 11.3 Å². The van der Waals surface area contributed by atoms with E-state index in [1.807, 2.05) is 4.90 Å². The number of aromatic amines is 2. The van der Waals surface area contributed by atoms with E-state index in [0.717, 1.165) is 12.8 Å². The SMILES string of the molecule is C=Cn1nc(-c2c[nH]c(=O)[nH]c2=O)cc(N2CC(F)C3(CC3)C2)c1=NC. The van der Waals surface area contributed by atoms with Gasteiger partial charge in [0, 0.05) is 37.9 Å². The predicted molar refractivity (Wildman–Crippen MR) is 95.6 cm³/mol. The largest absolute Gasteiger partial charge is 0.365 e. The molecule has 26 heavy (non-hydrogen) atoms. The molecule has 1 aliphatic heterocycles. The van der Waals surface area contributed by atoms with Crippen LogP contribution in [0.5, 0.6) is 0 Å². The lowest BCUT2D eigenvalue weighted by molar-refractivity contribution is 0.267. The highest BCUT2D eigenvalue weighted by Crippen LogP contribution is 2.54. The van der Waals surface area contributed by atoms with E-state index in [9.17, 15) is 14.0 Å². The zero-order valence-corrected chi connectivity index (χ0v) is 14.3. The summed E-state index contributed by atoms with van der Waals surface area (Å²) in [5, 5.41) is 4.37. The first-order chi connectivity index (χ1) is 12.5. The van der Waals surface area contributed by atoms with Crippen LogP contribution >= 0.6 is 0 Å². The fourth-order valence-electron chi connectivity index (χ4n) is 3.56. The lowest BCUT2D eigenvalue weighted by Crippen LogP contribution is -2.32. The van der Waals surface area contributed by atoms with Crippen molar-refractivity contribution in [2.45, 2.75) is 19.0 Å². The number of alkyl halides is 1. The average molecular weight is 358 g/mol. The van der Waals surface area contributed by atoms with E-state index < -0.39 is 17.4 Å². The topological polar surface area (TPSA) is 99.1 Å². The second-order valence-corrected chi connectivity index (χ2v) is 6.79. The lowest BCUT2D eigenvalue weighted by Gasteiger charge is -2.20. The maximum Gasteiger partial charge on any atom is 0.325 e. The molecule has 2 fully saturated rings. The molecule has 1 aliphatic carbocycles. The summed E-state index contributed by atoms with van der Waals surface area (Å²) in [4.78, 5) is 34.3. The van der Waals surface area contributed by atoms with Crippen LogP contribution < -0.4 is 21.6 Å². The van der Waals surface area contributed by atoms with Crippen LogP contribution in [0.25, 0.3) is 17.5 Å². The molecule has 1 saturated carbocycles. The Balaban J connectivity index is 1.89. The monoisotopic (exact) mass is 358 g/mol. The van der Waals surface area contributed by atoms with Crippen molar-refractivity contribution in [2.75, 3.05) is 25.0 Å². The van der Waals surface area contributed by atoms with Crippen molar-refractivity contribution in [3.05, 3.63) is 45.2 Å². The van der Waals surface area contributed by atoms with Crippen LogP contribution in [0.4, 0.5) is 10.1 Å². The van der Waals surface area contributed by atoms with E-state index >= 15 is 0 Å². The number of rotatable bonds is 3. The van der Waals surface area contributed by atoms with Gasteiger partial charge in [0.15, 0.2) is 5.49 Å². The molecule has 0 amide bonds. The molecule has 136 valence electrons. The zero-order chi connectivity index (χ0) is 18.5. The van der Waals surface area contributed by atoms with Crippen molar-refractivity contribution in [1.29, 1.82) is 0 Å². The minimum atomic E-state index is -0.877. The third-order valence-corrected chi connectivity index (χ3v) is 5.20. The van der Waals surface area contributed by atoms with Gasteiger partial charge in [0.25, 0.3) is 5.56 Å². The highest BCUT2D eigenvalue weighted by Gasteiger charge is 2.56. The first-order valence-electron chi connectivity index (χ1n) is 8.38. The number of halogens is 1. The van der Waals surface area contributed by atoms with E-state index in [2.05, 4.69) is 26.6 Å². The molecule has 0 radical (unpaired) electrons. The van der Waals surface area contributed by atoms with Gasteiger partial charge in [-0.15, -0.1) is 0 Å². The minimum absolute atomic E-state index is 0.209. The summed E-state index contributed by atoms with van der Waals surface area (Å²) in [6.45, 7) is 4.63. The molecule has 2 aromatic rings. The fraction of sp³-hybridized carbons (Fsp3) is 0.412. The van der Waals surface area contributed by atoms with Gasteiger partial charge in [-0.1, -0.05) is 6.58 Å². The second kappa shape index (κ2) is 5.79. The van der Waals surface area contributed by atoms with Gasteiger partial charge in [-0.05, 0) is 18.9 Å². The molecule has 0 bridgehead atoms. The van der Waals surface area contributed by atoms with Crippen molar-refractivity contribution in [1.82, 2.24) is 19.7 Å². The first-order valence-corrected chi connectivity index (χ1v) is 8.38. The molecule has 0 aromatic carbocycles. The molecule has 1 atom stereocenters. The Kier molecular flexibility index (Phi) is 3.67. The van der Waals surface area contributed by atoms with Gasteiger partial charge in [0.05, 0.1) is 11.3 Å². The maximum atomic E-state index is 14.4. The van der Waals surface area contributed by atoms with Crippen LogP contribution in [0, 0.1) is 5.41 Å². The second-order valence-electron chi connectivity index (χ2n) is 6.79. The molecule has 1 spiro atoms. The quantitative estimate of drug-likeness (QED) is 0.834. The summed E-state index contributed by atoms with van der Waals surface area (Å²) in [5.74, 6) is 0. The Labute approximate surface area is 147 Å². The fourth-order valence-corrected chi connectivity index (χ4v) is 3.56. The highest BCUT2D eigenvalue weighted by atomic mass is 19.1. The Morgan fingerprint density at radius 1 is 1.46 bits per heavy atom. The minimum Gasteiger partial charge on any atom is -0.365 e. The normalized spacial score (nSPS) is 21.4. The Morgan fingerprint density at radius 2 is 2.23 bits per heavy atom. The molecule has 1 unspecified atom stereocenters. The highest BCUT2D eigenvalue weighted by molar-refractivity contribution is 5.63. The van der Waals surface area contributed by atoms with Gasteiger partial charge in [0.2, 0.25) is 0 Å². The number of H-pyrrole nitrogens is 2. The van der Waals surface area contributed by atoms with Crippen LogP contribution in [-0.4, -0.2) is 46.1 Å². The zero-order valence-electron chi connectivity index (χ0n) is 14.3. The molecule has 9 heteroatoms. The molecule has 3 heterocycles. The van der Waals surface area contributed by atoms with Gasteiger partial charge in [0.1, 0.15) is 11.9 Å². The molecule has 1 saturated heterocycles. The number of nitrogens with one attached hydrogen (secondary N) is 2. The van der Waals surface area contributed by atoms with Gasteiger partial charge in [-0.25, -0.2) is 13.9 Å². The number of nitrogens with zero attached hydrogens (tertiary/aromatic N) is 4. The molecule has 4 rings (SSSR count). The number of hydrogen-bond donors (Lipinski definition) is 2. The van der Waals surface area contributed by atoms with Crippen molar-refractivity contribution < 1.29 is 4.39 Å². The molecule has 2 aliphatic rings. The standard InChI is InChI=1S/C17H19FN6O2/c1-3-24-14(19-2)12(23-8-13(18)17(9-23)4-5-17)6-11(22-24)10-7-20-16(26)21-15(10)25/h3,6-7,13H,1,4-5,8-9H2,2H3,(H2,20,21,25,26). The van der Waals surface area contributed by atoms with E-state index in [4.69, 9.17) is 0 Å². The molecule has 2 N–H and O–H groups in total. The summed E-state index contributed by atoms with van der Waals surface area (Å²) in [5.41, 5.74) is 0.393. The number of aromatic nitrogens is 4. The maximum absolute atomic E-state index is 14.4. The molecule has 2 aromatic heterocycles. The predicted octanol–water partition coefficient (Wildman–Crippen LogP) is 0.496. The van der Waals surface area contributed by atoms with Crippen molar-refractivity contribution in [2.24, 2.45) is 10.4 Å². The van der Waals surface area contributed by atoms with Crippen LogP contribution in [0.3, 0.4) is 0 Å². The number of hydrogen-bond acceptors (Lipinski definition) is 5. The van der Waals surface area contributed by atoms with Gasteiger partial charge in [-0.2, -0.15) is 5.10 Å². The third-order valence-electron chi connectivity index (χ3n) is 5.20. The first kappa shape index (κ1) is 16.5. The van der Waals surface area contributed by atoms with Crippen molar-refractivity contribution in [3.63, 3.8) is 0 Å². The summed E-state index contributed by atoms with van der Waals surface area (Å²) in [7, 11) is 1.63. The van der Waals surface area contributed by atoms with Crippen LogP contribution in [-0.2, 0) is 0 Å². The van der Waals surface area contributed by atoms with Crippen LogP contribution in [0.1, 0.15) is 12.8 Å². The Morgan fingerprint density at radius 3 is 2.81 bits per heavy atom. The third kappa shape index (κ3) is 2.51. The summed E-state index contributed by atoms with van der Waals surface area (Å²) in [6, 6.07) is 1.71. The summed E-state index contributed by atoms with van der Waals surface area (Å²) < 4.78 is 15.9. The van der Waals surface area contributed by atoms with Crippen LogP contribution in [0.2, 0.25) is 0 Å². The lowest BCUT2D eigenvalue weighted by atomic mass is 10.1. The van der Waals surface area contributed by atoms with E-state index in [-0.39, 0.29) is 17.5 Å². The van der Waals surface area contributed by atoms with Gasteiger partial charge < -0.3 is 9.88 Å². The average Bonchev–Trinajstić information content (AvgIpc) is 3.33. The number of anilines is 1. The van der Waals surface area contributed by atoms with E-state index in [1.165, 1.54) is 17.1 Å². The van der Waals surface area contributed by atoms with E-state index in [1.54, 1.807) is 13.1 Å². The Hall–Kier alpha value is -2.97. The van der Waals surface area contributed by atoms with Gasteiger partial charge >= 0.3 is 5.69 Å². The molecular weight excluding hydrogens is 339 g/mol. The smallest absolute Gasteiger partial charge is 0.325 e. The molecule has 8 nitrogen and oxygen atoms in total. The molecular formula is C17H19FN6O2. The van der Waals surface area contributed by atoms with Crippen LogP contribution in [0.15, 0.2) is 33.4 Å².